The molecule has 0 saturated carbocycles. The second-order valence-corrected chi connectivity index (χ2v) is 5.83. The third kappa shape index (κ3) is 3.75. The van der Waals surface area contributed by atoms with Crippen LogP contribution in [0, 0.1) is 17.0 Å². The van der Waals surface area contributed by atoms with E-state index < -0.39 is 11.0 Å². The number of amides is 1. The molecule has 0 aliphatic heterocycles. The number of hydrogen-bond donors (Lipinski definition) is 1. The highest BCUT2D eigenvalue weighted by molar-refractivity contribution is 5.95. The summed E-state index contributed by atoms with van der Waals surface area (Å²) in [7, 11) is 0. The van der Waals surface area contributed by atoms with E-state index in [9.17, 15) is 14.9 Å². The highest BCUT2D eigenvalue weighted by atomic mass is 16.6. The first-order chi connectivity index (χ1) is 12.6. The Kier molecular flexibility index (Phi) is 5.03. The van der Waals surface area contributed by atoms with E-state index in [1.807, 2.05) is 48.5 Å². The molecule has 0 saturated heterocycles. The smallest absolute Gasteiger partial charge is 0.272 e. The van der Waals surface area contributed by atoms with Gasteiger partial charge in [0.05, 0.1) is 16.7 Å². The molecule has 3 aromatic rings. The summed E-state index contributed by atoms with van der Waals surface area (Å²) in [6.45, 7) is 1.61. The lowest BCUT2D eigenvalue weighted by molar-refractivity contribution is -0.385. The number of aryl methyl sites for hydroxylation is 1. The van der Waals surface area contributed by atoms with Crippen LogP contribution in [0.5, 0.6) is 0 Å². The highest BCUT2D eigenvalue weighted by Gasteiger charge is 2.20. The molecule has 1 amide bonds. The molecule has 0 fully saturated rings. The monoisotopic (exact) mass is 347 g/mol. The number of nitrogens with one attached hydrogen (secondary N) is 1. The fourth-order valence-corrected chi connectivity index (χ4v) is 2.74. The normalized spacial score (nSPS) is 11.6. The van der Waals surface area contributed by atoms with E-state index in [1.54, 1.807) is 13.1 Å². The van der Waals surface area contributed by atoms with Gasteiger partial charge in [-0.1, -0.05) is 36.4 Å². The molecule has 3 rings (SSSR count). The van der Waals surface area contributed by atoms with E-state index in [1.165, 1.54) is 18.2 Å². The van der Waals surface area contributed by atoms with Crippen LogP contribution in [0.1, 0.15) is 33.2 Å². The Hall–Kier alpha value is -3.54. The quantitative estimate of drug-likeness (QED) is 0.562. The van der Waals surface area contributed by atoms with Gasteiger partial charge in [-0.2, -0.15) is 0 Å². The third-order valence-electron chi connectivity index (χ3n) is 4.05. The maximum atomic E-state index is 12.7. The summed E-state index contributed by atoms with van der Waals surface area (Å²) in [6, 6.07) is 19.0. The largest absolute Gasteiger partial charge is 0.340 e. The lowest BCUT2D eigenvalue weighted by atomic mass is 10.0. The first-order valence-electron chi connectivity index (χ1n) is 8.08. The fraction of sp³-hybridized carbons (Fsp3) is 0.100. The summed E-state index contributed by atoms with van der Waals surface area (Å²) >= 11 is 0. The Morgan fingerprint density at radius 3 is 2.42 bits per heavy atom. The molecule has 26 heavy (non-hydrogen) atoms. The highest BCUT2D eigenvalue weighted by Crippen LogP contribution is 2.22. The number of hydrogen-bond acceptors (Lipinski definition) is 4. The zero-order valence-electron chi connectivity index (χ0n) is 14.1. The van der Waals surface area contributed by atoms with E-state index in [4.69, 9.17) is 0 Å². The summed E-state index contributed by atoms with van der Waals surface area (Å²) in [5.74, 6) is -0.317. The summed E-state index contributed by atoms with van der Waals surface area (Å²) < 4.78 is 0. The van der Waals surface area contributed by atoms with Gasteiger partial charge >= 0.3 is 0 Å². The maximum absolute atomic E-state index is 12.7. The van der Waals surface area contributed by atoms with Gasteiger partial charge < -0.3 is 5.32 Å². The number of pyridine rings is 1. The van der Waals surface area contributed by atoms with Crippen LogP contribution in [0.3, 0.4) is 0 Å². The topological polar surface area (TPSA) is 85.1 Å². The summed E-state index contributed by atoms with van der Waals surface area (Å²) in [5.41, 5.74) is 2.41. The number of carbonyl (C=O) groups is 1. The molecule has 1 aromatic heterocycles. The maximum Gasteiger partial charge on any atom is 0.272 e. The Morgan fingerprint density at radius 2 is 1.81 bits per heavy atom. The molecule has 0 radical (unpaired) electrons. The molecule has 1 unspecified atom stereocenters. The SMILES string of the molecule is Cc1cc(C(=O)NC(c2ccccc2)c2ccccn2)ccc1[N+](=O)[O-]. The van der Waals surface area contributed by atoms with Crippen LogP contribution in [0.25, 0.3) is 0 Å². The number of carbonyl (C=O) groups excluding carboxylic acids is 1. The van der Waals surface area contributed by atoms with E-state index >= 15 is 0 Å². The van der Waals surface area contributed by atoms with E-state index in [2.05, 4.69) is 10.3 Å². The molecular formula is C20H17N3O3. The van der Waals surface area contributed by atoms with Gasteiger partial charge in [0, 0.05) is 23.4 Å². The van der Waals surface area contributed by atoms with Crippen LogP contribution >= 0.6 is 0 Å². The standard InChI is InChI=1S/C20H17N3O3/c1-14-13-16(10-11-18(14)23(25)26)20(24)22-19(15-7-3-2-4-8-15)17-9-5-6-12-21-17/h2-13,19H,1H3,(H,22,24). The van der Waals surface area contributed by atoms with Crippen molar-refractivity contribution >= 4 is 11.6 Å². The van der Waals surface area contributed by atoms with Crippen LogP contribution < -0.4 is 5.32 Å². The van der Waals surface area contributed by atoms with Crippen molar-refractivity contribution in [3.8, 4) is 0 Å². The van der Waals surface area contributed by atoms with E-state index in [-0.39, 0.29) is 11.6 Å². The molecular weight excluding hydrogens is 330 g/mol. The van der Waals surface area contributed by atoms with Gasteiger partial charge in [-0.3, -0.25) is 19.9 Å². The van der Waals surface area contributed by atoms with Gasteiger partial charge in [0.25, 0.3) is 11.6 Å². The first-order valence-corrected chi connectivity index (χ1v) is 8.08. The minimum absolute atomic E-state index is 0.00844. The number of nitro groups is 1. The van der Waals surface area contributed by atoms with Gasteiger partial charge in [0.1, 0.15) is 0 Å². The Labute approximate surface area is 150 Å². The Bertz CT molecular complexity index is 888. The van der Waals surface area contributed by atoms with Crippen molar-refractivity contribution in [3.63, 3.8) is 0 Å². The average molecular weight is 347 g/mol. The predicted octanol–water partition coefficient (Wildman–Crippen LogP) is 3.82. The average Bonchev–Trinajstić information content (AvgIpc) is 2.67. The molecule has 0 aliphatic rings. The molecule has 0 spiro atoms. The second kappa shape index (κ2) is 7.57. The number of benzene rings is 2. The van der Waals surface area contributed by atoms with Gasteiger partial charge in [-0.05, 0) is 36.8 Å². The van der Waals surface area contributed by atoms with E-state index in [0.717, 1.165) is 5.56 Å². The Balaban J connectivity index is 1.91. The lowest BCUT2D eigenvalue weighted by Crippen LogP contribution is -2.30. The van der Waals surface area contributed by atoms with Crippen molar-refractivity contribution in [3.05, 3.63) is 105 Å². The number of nitrogens with zero attached hydrogens (tertiary/aromatic N) is 2. The zero-order valence-corrected chi connectivity index (χ0v) is 14.1. The lowest BCUT2D eigenvalue weighted by Gasteiger charge is -2.19. The van der Waals surface area contributed by atoms with Crippen molar-refractivity contribution < 1.29 is 9.72 Å². The van der Waals surface area contributed by atoms with Gasteiger partial charge in [-0.15, -0.1) is 0 Å². The summed E-state index contributed by atoms with van der Waals surface area (Å²) in [6.07, 6.45) is 1.67. The molecule has 130 valence electrons. The van der Waals surface area contributed by atoms with Crippen LogP contribution in [-0.4, -0.2) is 15.8 Å². The summed E-state index contributed by atoms with van der Waals surface area (Å²) in [5, 5.41) is 13.9. The predicted molar refractivity (Wildman–Crippen MR) is 97.8 cm³/mol. The summed E-state index contributed by atoms with van der Waals surface area (Å²) in [4.78, 5) is 27.6. The van der Waals surface area contributed by atoms with Gasteiger partial charge in [0.2, 0.25) is 0 Å². The van der Waals surface area contributed by atoms with Crippen molar-refractivity contribution in [1.82, 2.24) is 10.3 Å². The minimum Gasteiger partial charge on any atom is -0.340 e. The zero-order chi connectivity index (χ0) is 18.5. The molecule has 1 N–H and O–H groups in total. The first kappa shape index (κ1) is 17.3. The number of rotatable bonds is 5. The Morgan fingerprint density at radius 1 is 1.08 bits per heavy atom. The number of nitro benzene ring substituents is 1. The molecule has 6 heteroatoms. The van der Waals surface area contributed by atoms with Crippen molar-refractivity contribution in [2.45, 2.75) is 13.0 Å². The molecule has 1 atom stereocenters. The van der Waals surface area contributed by atoms with Crippen LogP contribution in [0.4, 0.5) is 5.69 Å². The van der Waals surface area contributed by atoms with Crippen LogP contribution in [0.2, 0.25) is 0 Å². The van der Waals surface area contributed by atoms with Crippen molar-refractivity contribution in [1.29, 1.82) is 0 Å². The van der Waals surface area contributed by atoms with Crippen molar-refractivity contribution in [2.24, 2.45) is 0 Å². The molecule has 6 nitrogen and oxygen atoms in total. The number of aromatic nitrogens is 1. The second-order valence-electron chi connectivity index (χ2n) is 5.83. The molecule has 2 aromatic carbocycles. The molecule has 0 aliphatic carbocycles. The van der Waals surface area contributed by atoms with Crippen LogP contribution in [-0.2, 0) is 0 Å². The van der Waals surface area contributed by atoms with Gasteiger partial charge in [-0.25, -0.2) is 0 Å². The van der Waals surface area contributed by atoms with Crippen molar-refractivity contribution in [2.75, 3.05) is 0 Å². The molecule has 1 heterocycles. The van der Waals surface area contributed by atoms with E-state index in [0.29, 0.717) is 16.8 Å². The van der Waals surface area contributed by atoms with Crippen LogP contribution in [0.15, 0.2) is 72.9 Å². The molecule has 0 bridgehead atoms. The van der Waals surface area contributed by atoms with Gasteiger partial charge in [0.15, 0.2) is 0 Å². The third-order valence-corrected chi connectivity index (χ3v) is 4.05. The minimum atomic E-state index is -0.461. The fourth-order valence-electron chi connectivity index (χ4n) is 2.74.